The van der Waals surface area contributed by atoms with E-state index in [1.54, 1.807) is 0 Å². The summed E-state index contributed by atoms with van der Waals surface area (Å²) in [6.07, 6.45) is -11.2. The fourth-order valence-corrected chi connectivity index (χ4v) is 2.07. The summed E-state index contributed by atoms with van der Waals surface area (Å²) in [5, 5.41) is 23.1. The van der Waals surface area contributed by atoms with Gasteiger partial charge in [-0.15, -0.1) is 0 Å². The van der Waals surface area contributed by atoms with Crippen molar-refractivity contribution in [3.63, 3.8) is 0 Å². The van der Waals surface area contributed by atoms with Gasteiger partial charge >= 0.3 is 6.18 Å². The number of rotatable bonds is 3. The smallest absolute Gasteiger partial charge is 0.433 e. The summed E-state index contributed by atoms with van der Waals surface area (Å²) in [6.45, 7) is 1.44. The summed E-state index contributed by atoms with van der Waals surface area (Å²) in [5.74, 6) is -0.452. The van der Waals surface area contributed by atoms with E-state index in [9.17, 15) is 23.4 Å². The Kier molecular flexibility index (Phi) is 4.95. The minimum Gasteiger partial charge on any atom is -0.469 e. The van der Waals surface area contributed by atoms with Crippen LogP contribution in [0.2, 0.25) is 0 Å². The SMILES string of the molecule is C[C@H]1O[C@@H](N=[N+]=[N-])[C@H](Oc2cccc(C(F)(F)F)n2)[C@@H](O)[C@H]1O. The normalized spacial score (nSPS) is 31.3. The Bertz CT molecular complexity index is 608. The molecular formula is C12H13F3N4O4. The van der Waals surface area contributed by atoms with Crippen molar-refractivity contribution in [3.8, 4) is 5.88 Å². The second-order valence-corrected chi connectivity index (χ2v) is 4.86. The number of aliphatic hydroxyl groups excluding tert-OH is 2. The Morgan fingerprint density at radius 1 is 1.35 bits per heavy atom. The van der Waals surface area contributed by atoms with Crippen molar-refractivity contribution in [2.45, 2.75) is 43.7 Å². The lowest BCUT2D eigenvalue weighted by molar-refractivity contribution is -0.208. The van der Waals surface area contributed by atoms with Gasteiger partial charge in [0.1, 0.15) is 17.9 Å². The number of hydrogen-bond donors (Lipinski definition) is 2. The molecule has 0 bridgehead atoms. The van der Waals surface area contributed by atoms with Crippen LogP contribution in [0, 0.1) is 0 Å². The number of pyridine rings is 1. The molecule has 1 fully saturated rings. The van der Waals surface area contributed by atoms with E-state index in [2.05, 4.69) is 15.0 Å². The summed E-state index contributed by atoms with van der Waals surface area (Å²) in [4.78, 5) is 5.81. The van der Waals surface area contributed by atoms with Crippen LogP contribution in [0.25, 0.3) is 10.4 Å². The average molecular weight is 334 g/mol. The monoisotopic (exact) mass is 334 g/mol. The highest BCUT2D eigenvalue weighted by molar-refractivity contribution is 5.18. The number of hydrogen-bond acceptors (Lipinski definition) is 6. The topological polar surface area (TPSA) is 121 Å². The van der Waals surface area contributed by atoms with Crippen molar-refractivity contribution in [1.82, 2.24) is 4.98 Å². The van der Waals surface area contributed by atoms with Gasteiger partial charge in [-0.3, -0.25) is 0 Å². The Morgan fingerprint density at radius 3 is 2.65 bits per heavy atom. The van der Waals surface area contributed by atoms with E-state index in [1.807, 2.05) is 0 Å². The van der Waals surface area contributed by atoms with E-state index in [0.29, 0.717) is 0 Å². The van der Waals surface area contributed by atoms with Gasteiger partial charge in [0.2, 0.25) is 5.88 Å². The average Bonchev–Trinajstić information content (AvgIpc) is 2.49. The van der Waals surface area contributed by atoms with Crippen LogP contribution < -0.4 is 4.74 Å². The molecular weight excluding hydrogens is 321 g/mol. The maximum absolute atomic E-state index is 12.6. The number of halogens is 3. The Morgan fingerprint density at radius 2 is 2.04 bits per heavy atom. The van der Waals surface area contributed by atoms with Crippen molar-refractivity contribution in [3.05, 3.63) is 34.3 Å². The third kappa shape index (κ3) is 3.82. The van der Waals surface area contributed by atoms with Crippen LogP contribution in [-0.4, -0.2) is 45.8 Å². The molecule has 23 heavy (non-hydrogen) atoms. The Labute approximate surface area is 128 Å². The van der Waals surface area contributed by atoms with Gasteiger partial charge in [-0.2, -0.15) is 13.2 Å². The van der Waals surface area contributed by atoms with Gasteiger partial charge in [0.15, 0.2) is 12.3 Å². The lowest BCUT2D eigenvalue weighted by atomic mass is 9.99. The molecule has 8 nitrogen and oxygen atoms in total. The van der Waals surface area contributed by atoms with Crippen LogP contribution >= 0.6 is 0 Å². The predicted molar refractivity (Wildman–Crippen MR) is 69.1 cm³/mol. The summed E-state index contributed by atoms with van der Waals surface area (Å²) in [6, 6.07) is 2.96. The van der Waals surface area contributed by atoms with Gasteiger partial charge in [-0.1, -0.05) is 11.2 Å². The van der Waals surface area contributed by atoms with Crippen LogP contribution in [-0.2, 0) is 10.9 Å². The number of nitrogens with zero attached hydrogens (tertiary/aromatic N) is 4. The van der Waals surface area contributed by atoms with Gasteiger partial charge in [-0.05, 0) is 18.5 Å². The Hall–Kier alpha value is -2.07. The van der Waals surface area contributed by atoms with Crippen LogP contribution in [0.4, 0.5) is 13.2 Å². The molecule has 5 atom stereocenters. The highest BCUT2D eigenvalue weighted by atomic mass is 19.4. The van der Waals surface area contributed by atoms with Crippen molar-refractivity contribution in [1.29, 1.82) is 0 Å². The van der Waals surface area contributed by atoms with Crippen LogP contribution in [0.5, 0.6) is 5.88 Å². The maximum atomic E-state index is 12.6. The highest BCUT2D eigenvalue weighted by Gasteiger charge is 2.44. The lowest BCUT2D eigenvalue weighted by Gasteiger charge is -2.39. The molecule has 1 aliphatic heterocycles. The molecule has 0 unspecified atom stereocenters. The minimum absolute atomic E-state index is 0.452. The Balaban J connectivity index is 2.27. The molecule has 0 radical (unpaired) electrons. The van der Waals surface area contributed by atoms with E-state index in [-0.39, 0.29) is 0 Å². The summed E-state index contributed by atoms with van der Waals surface area (Å²) >= 11 is 0. The molecule has 1 saturated heterocycles. The first kappa shape index (κ1) is 17.3. The van der Waals surface area contributed by atoms with Crippen molar-refractivity contribution >= 4 is 0 Å². The zero-order chi connectivity index (χ0) is 17.2. The van der Waals surface area contributed by atoms with E-state index in [1.165, 1.54) is 6.92 Å². The zero-order valence-corrected chi connectivity index (χ0v) is 11.8. The maximum Gasteiger partial charge on any atom is 0.433 e. The molecule has 1 aliphatic rings. The second kappa shape index (κ2) is 6.59. The summed E-state index contributed by atoms with van der Waals surface area (Å²) in [5.41, 5.74) is 7.32. The first-order chi connectivity index (χ1) is 10.7. The summed E-state index contributed by atoms with van der Waals surface area (Å²) < 4.78 is 48.3. The zero-order valence-electron chi connectivity index (χ0n) is 11.8. The van der Waals surface area contributed by atoms with Crippen LogP contribution in [0.15, 0.2) is 23.3 Å². The van der Waals surface area contributed by atoms with Gasteiger partial charge in [0.25, 0.3) is 0 Å². The molecule has 0 spiro atoms. The number of aliphatic hydroxyl groups is 2. The molecule has 1 aromatic heterocycles. The standard InChI is InChI=1S/C12H13F3N4O4/c1-5-8(20)9(21)10(11(22-5)18-19-16)23-7-4-2-3-6(17-7)12(13,14)15/h2-5,8-11,20-21H,1H3/t5-,8+,9+,10-,11-/m1/s1. The molecule has 126 valence electrons. The van der Waals surface area contributed by atoms with Crippen molar-refractivity contribution in [2.75, 3.05) is 0 Å². The first-order valence-corrected chi connectivity index (χ1v) is 6.50. The fraction of sp³-hybridized carbons (Fsp3) is 0.583. The molecule has 0 aromatic carbocycles. The largest absolute Gasteiger partial charge is 0.469 e. The molecule has 1 aromatic rings. The highest BCUT2D eigenvalue weighted by Crippen LogP contribution is 2.30. The summed E-state index contributed by atoms with van der Waals surface area (Å²) in [7, 11) is 0. The molecule has 2 rings (SSSR count). The number of ether oxygens (including phenoxy) is 2. The van der Waals surface area contributed by atoms with Crippen molar-refractivity contribution < 1.29 is 32.9 Å². The van der Waals surface area contributed by atoms with E-state index >= 15 is 0 Å². The lowest BCUT2D eigenvalue weighted by Crippen LogP contribution is -2.58. The van der Waals surface area contributed by atoms with E-state index in [0.717, 1.165) is 18.2 Å². The van der Waals surface area contributed by atoms with Gasteiger partial charge in [0, 0.05) is 11.0 Å². The molecule has 0 saturated carbocycles. The quantitative estimate of drug-likeness (QED) is 0.494. The number of azide groups is 1. The molecule has 0 aliphatic carbocycles. The third-order valence-electron chi connectivity index (χ3n) is 3.24. The number of alkyl halides is 3. The second-order valence-electron chi connectivity index (χ2n) is 4.86. The molecule has 11 heteroatoms. The molecule has 0 amide bonds. The van der Waals surface area contributed by atoms with E-state index in [4.69, 9.17) is 15.0 Å². The van der Waals surface area contributed by atoms with Gasteiger partial charge < -0.3 is 19.7 Å². The van der Waals surface area contributed by atoms with Crippen LogP contribution in [0.1, 0.15) is 12.6 Å². The van der Waals surface area contributed by atoms with E-state index < -0.39 is 48.4 Å². The first-order valence-electron chi connectivity index (χ1n) is 6.50. The predicted octanol–water partition coefficient (Wildman–Crippen LogP) is 1.62. The van der Waals surface area contributed by atoms with Gasteiger partial charge in [0.05, 0.1) is 6.10 Å². The van der Waals surface area contributed by atoms with Crippen LogP contribution in [0.3, 0.4) is 0 Å². The third-order valence-corrected chi connectivity index (χ3v) is 3.24. The molecule has 2 N–H and O–H groups in total. The fourth-order valence-electron chi connectivity index (χ4n) is 2.07. The minimum atomic E-state index is -4.67. The van der Waals surface area contributed by atoms with Gasteiger partial charge in [-0.25, -0.2) is 4.98 Å². The molecule has 2 heterocycles. The van der Waals surface area contributed by atoms with Crippen molar-refractivity contribution in [2.24, 2.45) is 5.11 Å². The number of aromatic nitrogens is 1.